The summed E-state index contributed by atoms with van der Waals surface area (Å²) in [5, 5.41) is 0. The van der Waals surface area contributed by atoms with E-state index in [1.165, 1.54) is 32.1 Å². The lowest BCUT2D eigenvalue weighted by atomic mass is 9.95. The Morgan fingerprint density at radius 3 is 2.45 bits per heavy atom. The van der Waals surface area contributed by atoms with Crippen molar-refractivity contribution in [2.75, 3.05) is 0 Å². The van der Waals surface area contributed by atoms with E-state index in [1.807, 2.05) is 48.5 Å². The number of carbonyl (C=O) groups is 1. The monoisotopic (exact) mass is 410 g/mol. The largest absolute Gasteiger partial charge is 0.489 e. The number of aldehydes is 1. The van der Waals surface area contributed by atoms with Crippen LogP contribution in [0, 0.1) is 0 Å². The summed E-state index contributed by atoms with van der Waals surface area (Å²) in [5.74, 6) is 1.82. The van der Waals surface area contributed by atoms with Crippen molar-refractivity contribution in [3.63, 3.8) is 0 Å². The van der Waals surface area contributed by atoms with Gasteiger partial charge in [-0.25, -0.2) is 4.98 Å². The fraction of sp³-hybridized carbons (Fsp3) is 0.259. The standard InChI is InChI=1S/C27H26N2O2/c30-18-21-11-16-26-25(17-21)28-27(29(26)23-9-5-2-6-10-23)22-12-14-24(15-13-22)31-19-20-7-3-1-4-8-20/h1,3-4,7-8,11-18,23H,2,5-6,9-10,19H2. The molecule has 31 heavy (non-hydrogen) atoms. The summed E-state index contributed by atoms with van der Waals surface area (Å²) in [7, 11) is 0. The van der Waals surface area contributed by atoms with Gasteiger partial charge < -0.3 is 9.30 Å². The number of fused-ring (bicyclic) bond motifs is 1. The zero-order valence-electron chi connectivity index (χ0n) is 17.5. The van der Waals surface area contributed by atoms with E-state index in [2.05, 4.69) is 28.8 Å². The molecule has 1 saturated carbocycles. The van der Waals surface area contributed by atoms with Crippen LogP contribution in [0.4, 0.5) is 0 Å². The van der Waals surface area contributed by atoms with Crippen LogP contribution in [0.2, 0.25) is 0 Å². The molecule has 1 aliphatic carbocycles. The van der Waals surface area contributed by atoms with Gasteiger partial charge in [0.15, 0.2) is 0 Å². The Morgan fingerprint density at radius 1 is 0.935 bits per heavy atom. The molecule has 0 unspecified atom stereocenters. The molecular weight excluding hydrogens is 384 g/mol. The summed E-state index contributed by atoms with van der Waals surface area (Å²) >= 11 is 0. The smallest absolute Gasteiger partial charge is 0.150 e. The topological polar surface area (TPSA) is 44.1 Å². The third-order valence-corrected chi connectivity index (χ3v) is 6.15. The Kier molecular flexibility index (Phi) is 5.53. The van der Waals surface area contributed by atoms with E-state index in [0.29, 0.717) is 18.2 Å². The molecule has 4 aromatic rings. The van der Waals surface area contributed by atoms with Gasteiger partial charge >= 0.3 is 0 Å². The van der Waals surface area contributed by atoms with Gasteiger partial charge in [0.2, 0.25) is 0 Å². The van der Waals surface area contributed by atoms with E-state index in [1.54, 1.807) is 0 Å². The summed E-state index contributed by atoms with van der Waals surface area (Å²) in [6.07, 6.45) is 7.04. The third kappa shape index (κ3) is 4.11. The van der Waals surface area contributed by atoms with Crippen LogP contribution in [0.1, 0.15) is 54.1 Å². The Balaban J connectivity index is 1.47. The van der Waals surface area contributed by atoms with Crippen molar-refractivity contribution < 1.29 is 9.53 Å². The molecule has 0 saturated heterocycles. The molecule has 1 aliphatic rings. The average molecular weight is 411 g/mol. The highest BCUT2D eigenvalue weighted by molar-refractivity contribution is 5.87. The molecule has 1 fully saturated rings. The molecule has 0 bridgehead atoms. The Morgan fingerprint density at radius 2 is 1.71 bits per heavy atom. The maximum Gasteiger partial charge on any atom is 0.150 e. The number of nitrogens with zero attached hydrogens (tertiary/aromatic N) is 2. The molecule has 1 heterocycles. The van der Waals surface area contributed by atoms with Gasteiger partial charge in [0.25, 0.3) is 0 Å². The van der Waals surface area contributed by atoms with Crippen molar-refractivity contribution in [3.8, 4) is 17.1 Å². The normalized spacial score (nSPS) is 14.6. The van der Waals surface area contributed by atoms with E-state index >= 15 is 0 Å². The number of hydrogen-bond donors (Lipinski definition) is 0. The van der Waals surface area contributed by atoms with Crippen LogP contribution < -0.4 is 4.74 Å². The predicted molar refractivity (Wildman–Crippen MR) is 123 cm³/mol. The third-order valence-electron chi connectivity index (χ3n) is 6.15. The molecule has 4 heteroatoms. The first-order chi connectivity index (χ1) is 15.3. The quantitative estimate of drug-likeness (QED) is 0.336. The summed E-state index contributed by atoms with van der Waals surface area (Å²) in [4.78, 5) is 16.2. The molecule has 0 atom stereocenters. The highest BCUT2D eigenvalue weighted by atomic mass is 16.5. The molecular formula is C27H26N2O2. The molecule has 3 aromatic carbocycles. The van der Waals surface area contributed by atoms with Crippen LogP contribution in [-0.4, -0.2) is 15.8 Å². The van der Waals surface area contributed by atoms with Crippen molar-refractivity contribution in [3.05, 3.63) is 83.9 Å². The van der Waals surface area contributed by atoms with Crippen molar-refractivity contribution in [1.29, 1.82) is 0 Å². The van der Waals surface area contributed by atoms with Gasteiger partial charge in [0.05, 0.1) is 11.0 Å². The number of rotatable bonds is 6. The van der Waals surface area contributed by atoms with Gasteiger partial charge in [-0.2, -0.15) is 0 Å². The van der Waals surface area contributed by atoms with Crippen LogP contribution in [-0.2, 0) is 6.61 Å². The van der Waals surface area contributed by atoms with E-state index in [4.69, 9.17) is 9.72 Å². The number of hydrogen-bond acceptors (Lipinski definition) is 3. The SMILES string of the molecule is O=Cc1ccc2c(c1)nc(-c1ccc(OCc3ccccc3)cc1)n2C1CCCCC1. The Hall–Kier alpha value is -3.40. The highest BCUT2D eigenvalue weighted by Gasteiger charge is 2.22. The van der Waals surface area contributed by atoms with Crippen molar-refractivity contribution in [2.45, 2.75) is 44.8 Å². The van der Waals surface area contributed by atoms with Gasteiger partial charge in [-0.3, -0.25) is 4.79 Å². The lowest BCUT2D eigenvalue weighted by molar-refractivity contribution is 0.112. The Bertz CT molecular complexity index is 1170. The summed E-state index contributed by atoms with van der Waals surface area (Å²) in [6, 6.07) is 24.6. The second-order valence-electron chi connectivity index (χ2n) is 8.26. The van der Waals surface area contributed by atoms with Gasteiger partial charge in [0, 0.05) is 17.2 Å². The zero-order chi connectivity index (χ0) is 21.0. The molecule has 1 aromatic heterocycles. The summed E-state index contributed by atoms with van der Waals surface area (Å²) < 4.78 is 8.34. The number of benzene rings is 3. The fourth-order valence-corrected chi connectivity index (χ4v) is 4.54. The molecule has 0 N–H and O–H groups in total. The van der Waals surface area contributed by atoms with Crippen LogP contribution in [0.3, 0.4) is 0 Å². The predicted octanol–water partition coefficient (Wildman–Crippen LogP) is 6.60. The fourth-order valence-electron chi connectivity index (χ4n) is 4.54. The highest BCUT2D eigenvalue weighted by Crippen LogP contribution is 2.36. The van der Waals surface area contributed by atoms with Gasteiger partial charge in [-0.05, 0) is 60.9 Å². The van der Waals surface area contributed by atoms with Crippen LogP contribution in [0.25, 0.3) is 22.4 Å². The summed E-state index contributed by atoms with van der Waals surface area (Å²) in [5.41, 5.74) is 4.88. The second kappa shape index (κ2) is 8.76. The first-order valence-corrected chi connectivity index (χ1v) is 11.1. The number of ether oxygens (including phenoxy) is 1. The van der Waals surface area contributed by atoms with Crippen LogP contribution >= 0.6 is 0 Å². The second-order valence-corrected chi connectivity index (χ2v) is 8.26. The lowest BCUT2D eigenvalue weighted by Gasteiger charge is -2.25. The first kappa shape index (κ1) is 19.6. The summed E-state index contributed by atoms with van der Waals surface area (Å²) in [6.45, 7) is 0.551. The molecule has 4 nitrogen and oxygen atoms in total. The van der Waals surface area contributed by atoms with E-state index in [-0.39, 0.29) is 0 Å². The van der Waals surface area contributed by atoms with Gasteiger partial charge in [-0.15, -0.1) is 0 Å². The van der Waals surface area contributed by atoms with E-state index < -0.39 is 0 Å². The first-order valence-electron chi connectivity index (χ1n) is 11.1. The zero-order valence-corrected chi connectivity index (χ0v) is 17.5. The maximum absolute atomic E-state index is 11.3. The van der Waals surface area contributed by atoms with E-state index in [9.17, 15) is 4.79 Å². The molecule has 5 rings (SSSR count). The van der Waals surface area contributed by atoms with Gasteiger partial charge in [-0.1, -0.05) is 49.6 Å². The van der Waals surface area contributed by atoms with Crippen molar-refractivity contribution in [1.82, 2.24) is 9.55 Å². The minimum atomic E-state index is 0.449. The molecule has 0 amide bonds. The maximum atomic E-state index is 11.3. The number of imidazole rings is 1. The minimum Gasteiger partial charge on any atom is -0.489 e. The number of carbonyl (C=O) groups excluding carboxylic acids is 1. The molecule has 0 spiro atoms. The number of aromatic nitrogens is 2. The van der Waals surface area contributed by atoms with Crippen molar-refractivity contribution >= 4 is 17.3 Å². The molecule has 0 aliphatic heterocycles. The van der Waals surface area contributed by atoms with E-state index in [0.717, 1.165) is 40.0 Å². The van der Waals surface area contributed by atoms with Gasteiger partial charge in [0.1, 0.15) is 24.5 Å². The molecule has 156 valence electrons. The minimum absolute atomic E-state index is 0.449. The lowest BCUT2D eigenvalue weighted by Crippen LogP contribution is -2.14. The average Bonchev–Trinajstić information content (AvgIpc) is 3.23. The molecule has 0 radical (unpaired) electrons. The van der Waals surface area contributed by atoms with Crippen LogP contribution in [0.5, 0.6) is 5.75 Å². The Labute approximate surface area is 182 Å². The van der Waals surface area contributed by atoms with Crippen LogP contribution in [0.15, 0.2) is 72.8 Å². The van der Waals surface area contributed by atoms with Crippen molar-refractivity contribution in [2.24, 2.45) is 0 Å².